The zero-order valence-corrected chi connectivity index (χ0v) is 12.5. The standard InChI is InChI=1S/C13H21NO6/c1-12(2,3)20-11(16)14-6-8(15)9-10(14)13(17-4,18-5)7-19-9/h9-10H,6-7H2,1-5H3/t9-,10+/m1/s1. The van der Waals surface area contributed by atoms with Crippen LogP contribution in [-0.2, 0) is 23.7 Å². The van der Waals surface area contributed by atoms with Crippen LogP contribution in [0.2, 0.25) is 0 Å². The van der Waals surface area contributed by atoms with Crippen LogP contribution in [0, 0.1) is 0 Å². The van der Waals surface area contributed by atoms with Gasteiger partial charge in [-0.15, -0.1) is 0 Å². The van der Waals surface area contributed by atoms with E-state index in [1.54, 1.807) is 20.8 Å². The summed E-state index contributed by atoms with van der Waals surface area (Å²) >= 11 is 0. The van der Waals surface area contributed by atoms with Crippen molar-refractivity contribution in [3.63, 3.8) is 0 Å². The van der Waals surface area contributed by atoms with Crippen molar-refractivity contribution in [3.8, 4) is 0 Å². The van der Waals surface area contributed by atoms with Gasteiger partial charge < -0.3 is 18.9 Å². The number of fused-ring (bicyclic) bond motifs is 1. The van der Waals surface area contributed by atoms with Crippen molar-refractivity contribution in [2.75, 3.05) is 27.4 Å². The summed E-state index contributed by atoms with van der Waals surface area (Å²) in [6, 6.07) is -0.625. The summed E-state index contributed by atoms with van der Waals surface area (Å²) < 4.78 is 21.5. The Kier molecular flexibility index (Phi) is 3.79. The van der Waals surface area contributed by atoms with Crippen LogP contribution in [-0.4, -0.2) is 67.7 Å². The van der Waals surface area contributed by atoms with Gasteiger partial charge in [0.15, 0.2) is 5.78 Å². The van der Waals surface area contributed by atoms with Crippen LogP contribution in [0.5, 0.6) is 0 Å². The normalized spacial score (nSPS) is 28.6. The van der Waals surface area contributed by atoms with E-state index < -0.39 is 29.6 Å². The topological polar surface area (TPSA) is 74.3 Å². The molecule has 0 aliphatic carbocycles. The summed E-state index contributed by atoms with van der Waals surface area (Å²) in [5, 5.41) is 0. The predicted octanol–water partition coefficient (Wildman–Crippen LogP) is 0.563. The number of methoxy groups -OCH3 is 2. The lowest BCUT2D eigenvalue weighted by atomic mass is 10.1. The smallest absolute Gasteiger partial charge is 0.411 e. The second kappa shape index (κ2) is 4.98. The van der Waals surface area contributed by atoms with Crippen molar-refractivity contribution < 1.29 is 28.5 Å². The van der Waals surface area contributed by atoms with Crippen LogP contribution in [0.4, 0.5) is 4.79 Å². The molecule has 20 heavy (non-hydrogen) atoms. The molecule has 2 aliphatic heterocycles. The molecule has 2 fully saturated rings. The Morgan fingerprint density at radius 3 is 2.45 bits per heavy atom. The number of nitrogens with zero attached hydrogens (tertiary/aromatic N) is 1. The summed E-state index contributed by atoms with van der Waals surface area (Å²) in [6.07, 6.45) is -1.29. The van der Waals surface area contributed by atoms with Crippen molar-refractivity contribution in [1.82, 2.24) is 4.90 Å². The molecule has 0 aromatic heterocycles. The third-order valence-corrected chi connectivity index (χ3v) is 3.50. The van der Waals surface area contributed by atoms with Gasteiger partial charge in [0.2, 0.25) is 5.79 Å². The molecule has 7 heteroatoms. The molecule has 0 N–H and O–H groups in total. The first-order valence-corrected chi connectivity index (χ1v) is 6.48. The molecule has 2 heterocycles. The van der Waals surface area contributed by atoms with Crippen LogP contribution in [0.1, 0.15) is 20.8 Å². The summed E-state index contributed by atoms with van der Waals surface area (Å²) in [4.78, 5) is 25.6. The molecule has 2 atom stereocenters. The van der Waals surface area contributed by atoms with Gasteiger partial charge in [0.05, 0.1) is 6.54 Å². The highest BCUT2D eigenvalue weighted by molar-refractivity contribution is 5.92. The highest BCUT2D eigenvalue weighted by Crippen LogP contribution is 2.37. The van der Waals surface area contributed by atoms with E-state index in [0.29, 0.717) is 0 Å². The molecule has 0 bridgehead atoms. The molecular formula is C13H21NO6. The average Bonchev–Trinajstić information content (AvgIpc) is 2.87. The number of ether oxygens (including phenoxy) is 4. The maximum absolute atomic E-state index is 12.3. The van der Waals surface area contributed by atoms with Crippen molar-refractivity contribution in [3.05, 3.63) is 0 Å². The van der Waals surface area contributed by atoms with Crippen LogP contribution >= 0.6 is 0 Å². The van der Waals surface area contributed by atoms with E-state index in [2.05, 4.69) is 0 Å². The van der Waals surface area contributed by atoms with Crippen molar-refractivity contribution in [2.45, 2.75) is 44.3 Å². The molecule has 2 aliphatic rings. The van der Waals surface area contributed by atoms with E-state index in [-0.39, 0.29) is 18.9 Å². The zero-order valence-electron chi connectivity index (χ0n) is 12.5. The average molecular weight is 287 g/mol. The summed E-state index contributed by atoms with van der Waals surface area (Å²) in [5.74, 6) is -1.30. The first kappa shape index (κ1) is 15.2. The Morgan fingerprint density at radius 1 is 1.35 bits per heavy atom. The van der Waals surface area contributed by atoms with Crippen molar-refractivity contribution in [2.24, 2.45) is 0 Å². The van der Waals surface area contributed by atoms with Crippen molar-refractivity contribution >= 4 is 11.9 Å². The minimum absolute atomic E-state index is 0.0568. The van der Waals surface area contributed by atoms with Gasteiger partial charge >= 0.3 is 6.09 Å². The number of amides is 1. The Bertz CT molecular complexity index is 412. The number of hydrogen-bond acceptors (Lipinski definition) is 6. The number of likely N-dealkylation sites (tertiary alicyclic amines) is 1. The Hall–Kier alpha value is -1.18. The maximum atomic E-state index is 12.3. The molecule has 1 amide bonds. The van der Waals surface area contributed by atoms with Crippen LogP contribution in [0.25, 0.3) is 0 Å². The van der Waals surface area contributed by atoms with Crippen molar-refractivity contribution in [1.29, 1.82) is 0 Å². The summed E-state index contributed by atoms with van der Waals surface area (Å²) in [7, 11) is 2.93. The second-order valence-electron chi connectivity index (χ2n) is 5.97. The third-order valence-electron chi connectivity index (χ3n) is 3.50. The Morgan fingerprint density at radius 2 is 1.95 bits per heavy atom. The quantitative estimate of drug-likeness (QED) is 0.691. The molecule has 2 rings (SSSR count). The van der Waals surface area contributed by atoms with Gasteiger partial charge in [-0.2, -0.15) is 0 Å². The largest absolute Gasteiger partial charge is 0.444 e. The van der Waals surface area contributed by atoms with E-state index in [4.69, 9.17) is 18.9 Å². The minimum Gasteiger partial charge on any atom is -0.444 e. The lowest BCUT2D eigenvalue weighted by Crippen LogP contribution is -2.55. The fraction of sp³-hybridized carbons (Fsp3) is 0.846. The molecule has 0 saturated carbocycles. The number of Topliss-reactive ketones (excluding diaryl/α,β-unsaturated/α-hetero) is 1. The lowest BCUT2D eigenvalue weighted by Gasteiger charge is -2.35. The van der Waals surface area contributed by atoms with Gasteiger partial charge in [-0.25, -0.2) is 4.79 Å². The number of carbonyl (C=O) groups is 2. The second-order valence-corrected chi connectivity index (χ2v) is 5.97. The van der Waals surface area contributed by atoms with E-state index >= 15 is 0 Å². The molecule has 2 saturated heterocycles. The molecule has 0 aromatic carbocycles. The van der Waals surface area contributed by atoms with Crippen LogP contribution in [0.15, 0.2) is 0 Å². The molecular weight excluding hydrogens is 266 g/mol. The van der Waals surface area contributed by atoms with Gasteiger partial charge in [0.25, 0.3) is 0 Å². The molecule has 7 nitrogen and oxygen atoms in total. The highest BCUT2D eigenvalue weighted by Gasteiger charge is 2.62. The maximum Gasteiger partial charge on any atom is 0.411 e. The van der Waals surface area contributed by atoms with Gasteiger partial charge in [0, 0.05) is 14.2 Å². The molecule has 0 unspecified atom stereocenters. The fourth-order valence-electron chi connectivity index (χ4n) is 2.58. The summed E-state index contributed by atoms with van der Waals surface area (Å²) in [6.45, 7) is 5.35. The predicted molar refractivity (Wildman–Crippen MR) is 68.2 cm³/mol. The van der Waals surface area contributed by atoms with E-state index in [1.165, 1.54) is 19.1 Å². The van der Waals surface area contributed by atoms with E-state index in [0.717, 1.165) is 0 Å². The number of carbonyl (C=O) groups excluding carboxylic acids is 2. The molecule has 0 aromatic rings. The van der Waals surface area contributed by atoms with Gasteiger partial charge in [-0.3, -0.25) is 9.69 Å². The fourth-order valence-corrected chi connectivity index (χ4v) is 2.58. The Balaban J connectivity index is 2.25. The third kappa shape index (κ3) is 2.41. The first-order chi connectivity index (χ1) is 9.24. The number of rotatable bonds is 2. The molecule has 0 spiro atoms. The molecule has 114 valence electrons. The highest BCUT2D eigenvalue weighted by atomic mass is 16.7. The first-order valence-electron chi connectivity index (χ1n) is 6.48. The number of hydrogen-bond donors (Lipinski definition) is 0. The lowest BCUT2D eigenvalue weighted by molar-refractivity contribution is -0.224. The van der Waals surface area contributed by atoms with Crippen LogP contribution < -0.4 is 0 Å². The minimum atomic E-state index is -1.13. The SMILES string of the molecule is COC1(OC)CO[C@@H]2C(=O)CN(C(=O)OC(C)(C)C)[C@@H]21. The number of ketones is 1. The van der Waals surface area contributed by atoms with Gasteiger partial charge in [-0.05, 0) is 20.8 Å². The monoisotopic (exact) mass is 287 g/mol. The Labute approximate surface area is 118 Å². The van der Waals surface area contributed by atoms with Gasteiger partial charge in [0.1, 0.15) is 24.4 Å². The van der Waals surface area contributed by atoms with E-state index in [9.17, 15) is 9.59 Å². The van der Waals surface area contributed by atoms with Crippen LogP contribution in [0.3, 0.4) is 0 Å². The zero-order chi connectivity index (χ0) is 15.1. The summed E-state index contributed by atoms with van der Waals surface area (Å²) in [5.41, 5.74) is -0.638. The van der Waals surface area contributed by atoms with E-state index in [1.807, 2.05) is 0 Å². The molecule has 0 radical (unpaired) electrons. The van der Waals surface area contributed by atoms with Gasteiger partial charge in [-0.1, -0.05) is 0 Å².